The van der Waals surface area contributed by atoms with E-state index in [1.165, 1.54) is 12.5 Å². The second-order valence-electron chi connectivity index (χ2n) is 7.45. The number of aliphatic hydroxyl groups is 1. The third kappa shape index (κ3) is 5.86. The molecule has 2 aromatic rings. The molecular weight excluding hydrogens is 376 g/mol. The maximum atomic E-state index is 12.9. The van der Waals surface area contributed by atoms with E-state index < -0.39 is 0 Å². The highest BCUT2D eigenvalue weighted by atomic mass is 16.5. The van der Waals surface area contributed by atoms with Crippen LogP contribution in [-0.4, -0.2) is 25.1 Å². The van der Waals surface area contributed by atoms with E-state index in [0.29, 0.717) is 17.9 Å². The summed E-state index contributed by atoms with van der Waals surface area (Å²) in [5.74, 6) is 1.79. The van der Waals surface area contributed by atoms with E-state index in [-0.39, 0.29) is 11.5 Å². The van der Waals surface area contributed by atoms with Crippen molar-refractivity contribution in [3.05, 3.63) is 83.1 Å². The Bertz CT molecular complexity index is 965. The van der Waals surface area contributed by atoms with Crippen molar-refractivity contribution in [2.24, 2.45) is 5.92 Å². The summed E-state index contributed by atoms with van der Waals surface area (Å²) in [5, 5.41) is 10.7. The second kappa shape index (κ2) is 10.5. The van der Waals surface area contributed by atoms with Gasteiger partial charge in [-0.2, -0.15) is 0 Å². The Morgan fingerprint density at radius 2 is 1.53 bits per heavy atom. The topological polar surface area (TPSA) is 55.8 Å². The van der Waals surface area contributed by atoms with Crippen LogP contribution in [0.4, 0.5) is 0 Å². The molecule has 0 spiro atoms. The van der Waals surface area contributed by atoms with Crippen molar-refractivity contribution in [2.75, 3.05) is 14.2 Å². The van der Waals surface area contributed by atoms with Crippen LogP contribution in [0.5, 0.6) is 11.5 Å². The highest BCUT2D eigenvalue weighted by molar-refractivity contribution is 6.07. The van der Waals surface area contributed by atoms with Gasteiger partial charge in [-0.05, 0) is 59.9 Å². The number of allylic oxidation sites excluding steroid dienone is 3. The molecule has 0 aromatic heterocycles. The molecule has 0 heterocycles. The number of benzene rings is 2. The van der Waals surface area contributed by atoms with Crippen LogP contribution in [0.2, 0.25) is 0 Å². The van der Waals surface area contributed by atoms with Crippen LogP contribution in [0, 0.1) is 5.92 Å². The molecule has 0 radical (unpaired) electrons. The van der Waals surface area contributed by atoms with Gasteiger partial charge < -0.3 is 14.6 Å². The Kier molecular flexibility index (Phi) is 7.50. The molecule has 2 aromatic carbocycles. The predicted octanol–water partition coefficient (Wildman–Crippen LogP) is 6.00. The molecule has 0 bridgehead atoms. The van der Waals surface area contributed by atoms with Crippen molar-refractivity contribution in [2.45, 2.75) is 25.7 Å². The number of rotatable bonds is 9. The Morgan fingerprint density at radius 3 is 2.03 bits per heavy atom. The monoisotopic (exact) mass is 404 g/mol. The van der Waals surface area contributed by atoms with Crippen LogP contribution in [0.3, 0.4) is 0 Å². The van der Waals surface area contributed by atoms with E-state index in [9.17, 15) is 9.90 Å². The number of hydrogen-bond acceptors (Lipinski definition) is 4. The molecule has 1 aliphatic rings. The maximum Gasteiger partial charge on any atom is 0.185 e. The second-order valence-corrected chi connectivity index (χ2v) is 7.45. The molecule has 1 saturated carbocycles. The normalized spacial score (nSPS) is 15.1. The summed E-state index contributed by atoms with van der Waals surface area (Å²) in [7, 11) is 3.23. The molecule has 4 nitrogen and oxygen atoms in total. The average molecular weight is 405 g/mol. The molecule has 0 saturated heterocycles. The smallest absolute Gasteiger partial charge is 0.185 e. The van der Waals surface area contributed by atoms with Gasteiger partial charge in [0.15, 0.2) is 5.78 Å². The van der Waals surface area contributed by atoms with Gasteiger partial charge in [0.05, 0.1) is 14.2 Å². The minimum atomic E-state index is -0.169. The van der Waals surface area contributed by atoms with E-state index in [1.807, 2.05) is 48.5 Å². The van der Waals surface area contributed by atoms with Crippen molar-refractivity contribution in [1.29, 1.82) is 0 Å². The van der Waals surface area contributed by atoms with E-state index in [0.717, 1.165) is 35.5 Å². The summed E-state index contributed by atoms with van der Waals surface area (Å²) < 4.78 is 10.5. The molecule has 0 unspecified atom stereocenters. The lowest BCUT2D eigenvalue weighted by Crippen LogP contribution is -2.15. The van der Waals surface area contributed by atoms with Gasteiger partial charge in [-0.25, -0.2) is 0 Å². The Morgan fingerprint density at radius 1 is 0.967 bits per heavy atom. The fourth-order valence-corrected chi connectivity index (χ4v) is 3.36. The Balaban J connectivity index is 1.81. The first kappa shape index (κ1) is 21.4. The molecule has 0 atom stereocenters. The fourth-order valence-electron chi connectivity index (χ4n) is 3.36. The van der Waals surface area contributed by atoms with Gasteiger partial charge in [-0.1, -0.05) is 55.7 Å². The lowest BCUT2D eigenvalue weighted by Gasteiger charge is -2.25. The molecule has 156 valence electrons. The minimum absolute atomic E-state index is 0.0185. The van der Waals surface area contributed by atoms with Crippen LogP contribution in [0.15, 0.2) is 72.0 Å². The zero-order valence-corrected chi connectivity index (χ0v) is 17.5. The van der Waals surface area contributed by atoms with Crippen LogP contribution >= 0.6 is 0 Å². The van der Waals surface area contributed by atoms with Crippen LogP contribution < -0.4 is 9.47 Å². The molecule has 4 heteroatoms. The largest absolute Gasteiger partial charge is 0.508 e. The van der Waals surface area contributed by atoms with Gasteiger partial charge in [0.25, 0.3) is 0 Å². The van der Waals surface area contributed by atoms with Crippen molar-refractivity contribution >= 4 is 17.9 Å². The number of ether oxygens (including phenoxy) is 2. The molecule has 1 N–H and O–H groups in total. The number of aliphatic hydroxyl groups excluding tert-OH is 1. The average Bonchev–Trinajstić information content (AvgIpc) is 2.75. The molecule has 0 aliphatic heterocycles. The number of ketones is 1. The molecular formula is C26H28O4. The van der Waals surface area contributed by atoms with E-state index in [4.69, 9.17) is 9.47 Å². The van der Waals surface area contributed by atoms with Crippen molar-refractivity contribution in [1.82, 2.24) is 0 Å². The molecule has 30 heavy (non-hydrogen) atoms. The van der Waals surface area contributed by atoms with Gasteiger partial charge in [0, 0.05) is 5.57 Å². The fraction of sp³-hybridized carbons (Fsp3) is 0.269. The Hall–Kier alpha value is -3.27. The first-order valence-corrected chi connectivity index (χ1v) is 10.2. The molecule has 3 rings (SSSR count). The predicted molar refractivity (Wildman–Crippen MR) is 121 cm³/mol. The number of carbonyl (C=O) groups is 1. The maximum absolute atomic E-state index is 12.9. The number of carbonyl (C=O) groups excluding carboxylic acids is 1. The van der Waals surface area contributed by atoms with E-state index >= 15 is 0 Å². The summed E-state index contributed by atoms with van der Waals surface area (Å²) in [4.78, 5) is 12.9. The standard InChI is InChI=1S/C26H28O4/c1-29-22-10-4-8-20(16-22)12-14-25(27)24(18-19-6-3-7-19)26(28)15-13-21-9-5-11-23(17-21)30-2/h4-5,8-17,19,27H,3,6-7,18H2,1-2H3/b14-12+,15-13+,25-24-. The van der Waals surface area contributed by atoms with Gasteiger partial charge >= 0.3 is 0 Å². The lowest BCUT2D eigenvalue weighted by molar-refractivity contribution is -0.111. The summed E-state index contributed by atoms with van der Waals surface area (Å²) in [6, 6.07) is 15.0. The zero-order chi connectivity index (χ0) is 21.3. The third-order valence-corrected chi connectivity index (χ3v) is 5.37. The third-order valence-electron chi connectivity index (χ3n) is 5.37. The quantitative estimate of drug-likeness (QED) is 0.316. The van der Waals surface area contributed by atoms with Gasteiger partial charge in [-0.15, -0.1) is 0 Å². The SMILES string of the molecule is COc1cccc(/C=C/C(=O)/C(CC2CCC2)=C(O)/C=C/c2cccc(OC)c2)c1. The lowest BCUT2D eigenvalue weighted by atomic mass is 9.79. The van der Waals surface area contributed by atoms with Gasteiger partial charge in [0.2, 0.25) is 0 Å². The highest BCUT2D eigenvalue weighted by Gasteiger charge is 2.23. The van der Waals surface area contributed by atoms with Gasteiger partial charge in [-0.3, -0.25) is 4.79 Å². The number of hydrogen-bond donors (Lipinski definition) is 1. The summed E-state index contributed by atoms with van der Waals surface area (Å²) in [6.45, 7) is 0. The highest BCUT2D eigenvalue weighted by Crippen LogP contribution is 2.33. The van der Waals surface area contributed by atoms with Crippen molar-refractivity contribution in [3.8, 4) is 11.5 Å². The van der Waals surface area contributed by atoms with Gasteiger partial charge in [0.1, 0.15) is 17.3 Å². The summed E-state index contributed by atoms with van der Waals surface area (Å²) in [6.07, 6.45) is 10.6. The number of methoxy groups -OCH3 is 2. The first-order valence-electron chi connectivity index (χ1n) is 10.2. The van der Waals surface area contributed by atoms with Crippen LogP contribution in [-0.2, 0) is 4.79 Å². The van der Waals surface area contributed by atoms with Crippen molar-refractivity contribution in [3.63, 3.8) is 0 Å². The molecule has 1 aliphatic carbocycles. The van der Waals surface area contributed by atoms with Crippen LogP contribution in [0.25, 0.3) is 12.2 Å². The zero-order valence-electron chi connectivity index (χ0n) is 17.5. The van der Waals surface area contributed by atoms with E-state index in [2.05, 4.69) is 0 Å². The molecule has 1 fully saturated rings. The molecule has 0 amide bonds. The minimum Gasteiger partial charge on any atom is -0.508 e. The van der Waals surface area contributed by atoms with E-state index in [1.54, 1.807) is 32.4 Å². The first-order chi connectivity index (χ1) is 14.6. The van der Waals surface area contributed by atoms with Crippen LogP contribution in [0.1, 0.15) is 36.8 Å². The Labute approximate surface area is 178 Å². The van der Waals surface area contributed by atoms with Crippen molar-refractivity contribution < 1.29 is 19.4 Å². The summed E-state index contributed by atoms with van der Waals surface area (Å²) in [5.41, 5.74) is 2.22. The summed E-state index contributed by atoms with van der Waals surface area (Å²) >= 11 is 0.